The number of amides is 1. The Morgan fingerprint density at radius 1 is 1.06 bits per heavy atom. The maximum atomic E-state index is 13.1. The van der Waals surface area contributed by atoms with Crippen LogP contribution in [-0.4, -0.2) is 31.2 Å². The molecule has 0 aliphatic carbocycles. The molecule has 4 rings (SSSR count). The second kappa shape index (κ2) is 9.36. The summed E-state index contributed by atoms with van der Waals surface area (Å²) in [6, 6.07) is 15.3. The van der Waals surface area contributed by atoms with Gasteiger partial charge < -0.3 is 14.5 Å². The first kappa shape index (κ1) is 23.6. The molecule has 2 aromatic carbocycles. The van der Waals surface area contributed by atoms with E-state index in [1.807, 2.05) is 19.9 Å². The second-order valence-electron chi connectivity index (χ2n) is 7.66. The van der Waals surface area contributed by atoms with Gasteiger partial charge in [0.1, 0.15) is 11.5 Å². The van der Waals surface area contributed by atoms with Gasteiger partial charge in [0.25, 0.3) is 5.91 Å². The number of sulfone groups is 1. The molecule has 8 nitrogen and oxygen atoms in total. The number of ether oxygens (including phenoxy) is 1. The van der Waals surface area contributed by atoms with E-state index in [0.717, 1.165) is 11.4 Å². The highest BCUT2D eigenvalue weighted by atomic mass is 35.5. The molecule has 0 spiro atoms. The molecule has 0 unspecified atom stereocenters. The number of carbonyl (C=O) groups excluding carboxylic acids is 1. The fourth-order valence-electron chi connectivity index (χ4n) is 3.43. The summed E-state index contributed by atoms with van der Waals surface area (Å²) in [5.41, 5.74) is 2.11. The quantitative estimate of drug-likeness (QED) is 0.388. The van der Waals surface area contributed by atoms with Crippen LogP contribution in [-0.2, 0) is 16.4 Å². The minimum atomic E-state index is -3.87. The molecule has 1 amide bonds. The van der Waals surface area contributed by atoms with Gasteiger partial charge in [0.05, 0.1) is 29.1 Å². The smallest absolute Gasteiger partial charge is 0.291 e. The number of benzene rings is 2. The third-order valence-corrected chi connectivity index (χ3v) is 7.10. The van der Waals surface area contributed by atoms with E-state index >= 15 is 0 Å². The van der Waals surface area contributed by atoms with Crippen molar-refractivity contribution in [2.24, 2.45) is 0 Å². The van der Waals surface area contributed by atoms with Crippen molar-refractivity contribution in [2.45, 2.75) is 30.2 Å². The van der Waals surface area contributed by atoms with E-state index in [1.165, 1.54) is 49.6 Å². The summed E-state index contributed by atoms with van der Waals surface area (Å²) in [5.74, 6) is 0.396. The van der Waals surface area contributed by atoms with Gasteiger partial charge in [-0.25, -0.2) is 8.42 Å². The topological polar surface area (TPSA) is 103 Å². The molecule has 34 heavy (non-hydrogen) atoms. The number of nitrogens with zero attached hydrogens (tertiary/aromatic N) is 2. The van der Waals surface area contributed by atoms with E-state index in [1.54, 1.807) is 16.8 Å². The fourth-order valence-corrected chi connectivity index (χ4v) is 4.87. The number of rotatable bonds is 7. The summed E-state index contributed by atoms with van der Waals surface area (Å²) >= 11 is 5.88. The molecule has 2 heterocycles. The fraction of sp³-hybridized carbons (Fsp3) is 0.167. The van der Waals surface area contributed by atoms with Gasteiger partial charge in [0.15, 0.2) is 5.76 Å². The average molecular weight is 500 g/mol. The standard InChI is InChI=1S/C24H22ClN3O5S/c1-15-10-16(2)28(27-15)14-19-6-9-23(33-19)24(29)26-18-11-20(32-3)13-22(12-18)34(30,31)21-7-4-17(25)5-8-21/h4-13H,14H2,1-3H3,(H,26,29). The van der Waals surface area contributed by atoms with Crippen LogP contribution in [0.5, 0.6) is 5.75 Å². The first-order valence-corrected chi connectivity index (χ1v) is 12.1. The van der Waals surface area contributed by atoms with Crippen molar-refractivity contribution in [1.82, 2.24) is 9.78 Å². The maximum absolute atomic E-state index is 13.1. The molecule has 10 heteroatoms. The summed E-state index contributed by atoms with van der Waals surface area (Å²) < 4.78 is 38.9. The van der Waals surface area contributed by atoms with Crippen LogP contribution < -0.4 is 10.1 Å². The monoisotopic (exact) mass is 499 g/mol. The number of aryl methyl sites for hydroxylation is 2. The molecular weight excluding hydrogens is 478 g/mol. The van der Waals surface area contributed by atoms with Crippen molar-refractivity contribution in [2.75, 3.05) is 12.4 Å². The van der Waals surface area contributed by atoms with Crippen LogP contribution >= 0.6 is 11.6 Å². The van der Waals surface area contributed by atoms with E-state index in [4.69, 9.17) is 20.8 Å². The minimum absolute atomic E-state index is 0.0332. The van der Waals surface area contributed by atoms with Crippen molar-refractivity contribution in [3.05, 3.63) is 88.6 Å². The third-order valence-electron chi connectivity index (χ3n) is 5.10. The number of carbonyl (C=O) groups is 1. The summed E-state index contributed by atoms with van der Waals surface area (Å²) in [6.07, 6.45) is 0. The molecule has 176 valence electrons. The Labute approximate surface area is 202 Å². The van der Waals surface area contributed by atoms with Gasteiger partial charge in [0.2, 0.25) is 9.84 Å². The van der Waals surface area contributed by atoms with Crippen LogP contribution in [0.2, 0.25) is 5.02 Å². The molecular formula is C24H22ClN3O5S. The lowest BCUT2D eigenvalue weighted by atomic mass is 10.3. The molecule has 0 saturated carbocycles. The van der Waals surface area contributed by atoms with E-state index in [0.29, 0.717) is 17.3 Å². The first-order valence-electron chi connectivity index (χ1n) is 10.3. The average Bonchev–Trinajstić information content (AvgIpc) is 3.39. The van der Waals surface area contributed by atoms with Gasteiger partial charge in [-0.15, -0.1) is 0 Å². The van der Waals surface area contributed by atoms with Gasteiger partial charge in [-0.3, -0.25) is 9.48 Å². The van der Waals surface area contributed by atoms with Crippen LogP contribution in [0.1, 0.15) is 27.7 Å². The second-order valence-corrected chi connectivity index (χ2v) is 10.0. The van der Waals surface area contributed by atoms with E-state index in [9.17, 15) is 13.2 Å². The molecule has 0 saturated heterocycles. The zero-order valence-electron chi connectivity index (χ0n) is 18.7. The van der Waals surface area contributed by atoms with Crippen LogP contribution in [0, 0.1) is 13.8 Å². The van der Waals surface area contributed by atoms with Gasteiger partial charge in [-0.2, -0.15) is 5.10 Å². The highest BCUT2D eigenvalue weighted by Gasteiger charge is 2.21. The molecule has 0 fully saturated rings. The Morgan fingerprint density at radius 2 is 1.79 bits per heavy atom. The van der Waals surface area contributed by atoms with Crippen LogP contribution in [0.25, 0.3) is 0 Å². The van der Waals surface area contributed by atoms with Crippen LogP contribution in [0.4, 0.5) is 5.69 Å². The zero-order valence-corrected chi connectivity index (χ0v) is 20.3. The normalized spacial score (nSPS) is 11.4. The zero-order chi connectivity index (χ0) is 24.5. The van der Waals surface area contributed by atoms with Gasteiger partial charge >= 0.3 is 0 Å². The van der Waals surface area contributed by atoms with Crippen molar-refractivity contribution in [3.8, 4) is 5.75 Å². The molecule has 2 aromatic heterocycles. The number of hydrogen-bond acceptors (Lipinski definition) is 6. The molecule has 1 N–H and O–H groups in total. The summed E-state index contributed by atoms with van der Waals surface area (Å²) in [4.78, 5) is 12.8. The van der Waals surface area contributed by atoms with Crippen LogP contribution in [0.15, 0.2) is 74.9 Å². The molecule has 0 atom stereocenters. The lowest BCUT2D eigenvalue weighted by Crippen LogP contribution is -2.12. The Hall–Kier alpha value is -3.56. The highest BCUT2D eigenvalue weighted by Crippen LogP contribution is 2.29. The van der Waals surface area contributed by atoms with E-state index in [2.05, 4.69) is 10.4 Å². The number of halogens is 1. The van der Waals surface area contributed by atoms with Crippen molar-refractivity contribution in [1.29, 1.82) is 0 Å². The Kier molecular flexibility index (Phi) is 6.49. The number of anilines is 1. The van der Waals surface area contributed by atoms with Gasteiger partial charge in [0, 0.05) is 22.5 Å². The number of nitrogens with one attached hydrogen (secondary N) is 1. The van der Waals surface area contributed by atoms with Gasteiger partial charge in [-0.1, -0.05) is 11.6 Å². The number of furan rings is 1. The van der Waals surface area contributed by atoms with Crippen molar-refractivity contribution >= 4 is 33.0 Å². The minimum Gasteiger partial charge on any atom is -0.497 e. The largest absolute Gasteiger partial charge is 0.497 e. The Morgan fingerprint density at radius 3 is 2.44 bits per heavy atom. The van der Waals surface area contributed by atoms with Gasteiger partial charge in [-0.05, 0) is 68.4 Å². The maximum Gasteiger partial charge on any atom is 0.291 e. The number of hydrogen-bond donors (Lipinski definition) is 1. The highest BCUT2D eigenvalue weighted by molar-refractivity contribution is 7.91. The summed E-state index contributed by atoms with van der Waals surface area (Å²) in [6.45, 7) is 4.23. The molecule has 0 aliphatic rings. The number of aromatic nitrogens is 2. The SMILES string of the molecule is COc1cc(NC(=O)c2ccc(Cn3nc(C)cc3C)o2)cc(S(=O)(=O)c2ccc(Cl)cc2)c1. The Bertz CT molecular complexity index is 1460. The predicted molar refractivity (Wildman–Crippen MR) is 127 cm³/mol. The lowest BCUT2D eigenvalue weighted by molar-refractivity contribution is 0.0994. The Balaban J connectivity index is 1.57. The summed E-state index contributed by atoms with van der Waals surface area (Å²) in [7, 11) is -2.45. The molecule has 0 bridgehead atoms. The predicted octanol–water partition coefficient (Wildman–Crippen LogP) is 4.89. The van der Waals surface area contributed by atoms with Crippen LogP contribution in [0.3, 0.4) is 0 Å². The lowest BCUT2D eigenvalue weighted by Gasteiger charge is -2.11. The molecule has 4 aromatic rings. The first-order chi connectivity index (χ1) is 16.2. The van der Waals surface area contributed by atoms with E-state index < -0.39 is 15.7 Å². The van der Waals surface area contributed by atoms with Crippen molar-refractivity contribution in [3.63, 3.8) is 0 Å². The number of methoxy groups -OCH3 is 1. The third kappa shape index (κ3) is 5.00. The van der Waals surface area contributed by atoms with Crippen molar-refractivity contribution < 1.29 is 22.4 Å². The van der Waals surface area contributed by atoms with E-state index in [-0.39, 0.29) is 27.0 Å². The molecule has 0 radical (unpaired) electrons. The molecule has 0 aliphatic heterocycles. The summed E-state index contributed by atoms with van der Waals surface area (Å²) in [5, 5.41) is 7.49.